The second-order valence-corrected chi connectivity index (χ2v) is 9.04. The van der Waals surface area contributed by atoms with Crippen LogP contribution in [0, 0.1) is 0 Å². The molecule has 0 radical (unpaired) electrons. The smallest absolute Gasteiger partial charge is 0.276 e. The number of nitrogens with zero attached hydrogens (tertiary/aromatic N) is 3. The van der Waals surface area contributed by atoms with Gasteiger partial charge in [0.25, 0.3) is 5.91 Å². The van der Waals surface area contributed by atoms with Gasteiger partial charge >= 0.3 is 0 Å². The van der Waals surface area contributed by atoms with Gasteiger partial charge < -0.3 is 14.2 Å². The van der Waals surface area contributed by atoms with Crippen molar-refractivity contribution in [1.29, 1.82) is 0 Å². The molecule has 0 aromatic carbocycles. The van der Waals surface area contributed by atoms with Gasteiger partial charge in [-0.25, -0.2) is 8.42 Å². The summed E-state index contributed by atoms with van der Waals surface area (Å²) in [7, 11) is -3.28. The number of hydrogen-bond donors (Lipinski definition) is 0. The van der Waals surface area contributed by atoms with Crippen LogP contribution < -0.4 is 0 Å². The lowest BCUT2D eigenvalue weighted by Crippen LogP contribution is -2.53. The standard InChI is InChI=1S/C16H23N3O5S/c1-25(21,22)19-8-9-23-14-5-7-18(6-4-13(14)19)16(20)12-10-15(24-17-12)11-2-3-11/h10-11,13-14H,2-9H2,1H3/t13-,14-/m1/s1. The molecule has 9 heteroatoms. The maximum absolute atomic E-state index is 12.7. The Balaban J connectivity index is 1.47. The number of sulfonamides is 1. The second-order valence-electron chi connectivity index (χ2n) is 7.11. The third-order valence-corrected chi connectivity index (χ3v) is 6.57. The van der Waals surface area contributed by atoms with Crippen molar-refractivity contribution in [3.05, 3.63) is 17.5 Å². The van der Waals surface area contributed by atoms with Crippen LogP contribution in [0.2, 0.25) is 0 Å². The third-order valence-electron chi connectivity index (χ3n) is 5.26. The lowest BCUT2D eigenvalue weighted by Gasteiger charge is -2.38. The molecule has 0 N–H and O–H groups in total. The fourth-order valence-electron chi connectivity index (χ4n) is 3.77. The number of aromatic nitrogens is 1. The molecular weight excluding hydrogens is 346 g/mol. The minimum absolute atomic E-state index is 0.153. The van der Waals surface area contributed by atoms with Crippen molar-refractivity contribution in [3.63, 3.8) is 0 Å². The van der Waals surface area contributed by atoms with E-state index in [9.17, 15) is 13.2 Å². The van der Waals surface area contributed by atoms with Crippen molar-refractivity contribution in [3.8, 4) is 0 Å². The minimum Gasteiger partial charge on any atom is -0.375 e. The van der Waals surface area contributed by atoms with Crippen LogP contribution in [0.15, 0.2) is 10.6 Å². The van der Waals surface area contributed by atoms with Gasteiger partial charge in [-0.15, -0.1) is 0 Å². The molecule has 2 aliphatic heterocycles. The molecule has 3 aliphatic rings. The highest BCUT2D eigenvalue weighted by Crippen LogP contribution is 2.40. The zero-order chi connectivity index (χ0) is 17.6. The Kier molecular flexibility index (Phi) is 4.33. The van der Waals surface area contributed by atoms with E-state index in [-0.39, 0.29) is 18.1 Å². The average molecular weight is 369 g/mol. The SMILES string of the molecule is CS(=O)(=O)N1CCO[C@@H]2CCN(C(=O)c3cc(C4CC4)on3)CC[C@H]21. The molecule has 0 bridgehead atoms. The first kappa shape index (κ1) is 17.0. The molecule has 1 aromatic rings. The van der Waals surface area contributed by atoms with Crippen LogP contribution in [0.5, 0.6) is 0 Å². The summed E-state index contributed by atoms with van der Waals surface area (Å²) in [5.41, 5.74) is 0.340. The van der Waals surface area contributed by atoms with Gasteiger partial charge in [-0.05, 0) is 25.7 Å². The number of hydrogen-bond acceptors (Lipinski definition) is 6. The van der Waals surface area contributed by atoms with E-state index in [1.165, 1.54) is 10.6 Å². The summed E-state index contributed by atoms with van der Waals surface area (Å²) in [5.74, 6) is 1.05. The van der Waals surface area contributed by atoms with Gasteiger partial charge in [0.2, 0.25) is 10.0 Å². The average Bonchev–Trinajstić information content (AvgIpc) is 3.34. The quantitative estimate of drug-likeness (QED) is 0.783. The fourth-order valence-corrected chi connectivity index (χ4v) is 4.91. The Bertz CT molecular complexity index is 758. The van der Waals surface area contributed by atoms with Crippen molar-refractivity contribution < 1.29 is 22.5 Å². The Hall–Kier alpha value is -1.45. The molecule has 1 aliphatic carbocycles. The van der Waals surface area contributed by atoms with Gasteiger partial charge in [0.1, 0.15) is 5.76 Å². The van der Waals surface area contributed by atoms with Crippen LogP contribution in [-0.4, -0.2) is 73.3 Å². The number of rotatable bonds is 3. The number of fused-ring (bicyclic) bond motifs is 1. The highest BCUT2D eigenvalue weighted by Gasteiger charge is 2.40. The molecule has 138 valence electrons. The molecule has 0 spiro atoms. The van der Waals surface area contributed by atoms with Gasteiger partial charge in [0.05, 0.1) is 25.0 Å². The van der Waals surface area contributed by atoms with E-state index in [1.807, 2.05) is 0 Å². The van der Waals surface area contributed by atoms with Crippen molar-refractivity contribution in [2.24, 2.45) is 0 Å². The maximum atomic E-state index is 12.7. The zero-order valence-corrected chi connectivity index (χ0v) is 15.1. The Labute approximate surface area is 147 Å². The van der Waals surface area contributed by atoms with Gasteiger partial charge in [0, 0.05) is 31.6 Å². The van der Waals surface area contributed by atoms with Crippen molar-refractivity contribution >= 4 is 15.9 Å². The van der Waals surface area contributed by atoms with Crippen LogP contribution in [0.1, 0.15) is 47.8 Å². The van der Waals surface area contributed by atoms with Crippen LogP contribution in [0.25, 0.3) is 0 Å². The molecule has 1 saturated carbocycles. The summed E-state index contributed by atoms with van der Waals surface area (Å²) in [6.07, 6.45) is 4.44. The molecule has 8 nitrogen and oxygen atoms in total. The summed E-state index contributed by atoms with van der Waals surface area (Å²) < 4.78 is 36.6. The van der Waals surface area contributed by atoms with Gasteiger partial charge in [-0.1, -0.05) is 5.16 Å². The molecular formula is C16H23N3O5S. The first-order valence-electron chi connectivity index (χ1n) is 8.78. The maximum Gasteiger partial charge on any atom is 0.276 e. The highest BCUT2D eigenvalue weighted by atomic mass is 32.2. The topological polar surface area (TPSA) is 93.0 Å². The molecule has 2 saturated heterocycles. The predicted molar refractivity (Wildman–Crippen MR) is 88.7 cm³/mol. The second kappa shape index (κ2) is 6.37. The predicted octanol–water partition coefficient (Wildman–Crippen LogP) is 0.817. The van der Waals surface area contributed by atoms with E-state index in [0.717, 1.165) is 18.6 Å². The largest absolute Gasteiger partial charge is 0.375 e. The summed E-state index contributed by atoms with van der Waals surface area (Å²) in [4.78, 5) is 14.5. The minimum atomic E-state index is -3.28. The number of ether oxygens (including phenoxy) is 1. The highest BCUT2D eigenvalue weighted by molar-refractivity contribution is 7.88. The summed E-state index contributed by atoms with van der Waals surface area (Å²) >= 11 is 0. The Morgan fingerprint density at radius 3 is 2.68 bits per heavy atom. The molecule has 4 rings (SSSR count). The monoisotopic (exact) mass is 369 g/mol. The summed E-state index contributed by atoms with van der Waals surface area (Å²) in [5, 5.41) is 3.92. The van der Waals surface area contributed by atoms with E-state index < -0.39 is 10.0 Å². The van der Waals surface area contributed by atoms with E-state index >= 15 is 0 Å². The molecule has 3 fully saturated rings. The molecule has 1 amide bonds. The normalized spacial score (nSPS) is 28.4. The number of carbonyl (C=O) groups excluding carboxylic acids is 1. The lowest BCUT2D eigenvalue weighted by atomic mass is 10.0. The third kappa shape index (κ3) is 3.45. The number of amides is 1. The fraction of sp³-hybridized carbons (Fsp3) is 0.750. The first-order valence-corrected chi connectivity index (χ1v) is 10.6. The molecule has 25 heavy (non-hydrogen) atoms. The number of carbonyl (C=O) groups is 1. The van der Waals surface area contributed by atoms with Crippen molar-refractivity contribution in [2.45, 2.75) is 43.7 Å². The van der Waals surface area contributed by atoms with E-state index in [4.69, 9.17) is 9.26 Å². The van der Waals surface area contributed by atoms with Crippen LogP contribution in [0.3, 0.4) is 0 Å². The van der Waals surface area contributed by atoms with Crippen LogP contribution >= 0.6 is 0 Å². The van der Waals surface area contributed by atoms with Crippen molar-refractivity contribution in [2.75, 3.05) is 32.5 Å². The molecule has 3 heterocycles. The first-order chi connectivity index (χ1) is 11.9. The van der Waals surface area contributed by atoms with E-state index in [1.54, 1.807) is 11.0 Å². The van der Waals surface area contributed by atoms with Crippen LogP contribution in [0.4, 0.5) is 0 Å². The summed E-state index contributed by atoms with van der Waals surface area (Å²) in [6.45, 7) is 1.79. The van der Waals surface area contributed by atoms with Crippen LogP contribution in [-0.2, 0) is 14.8 Å². The van der Waals surface area contributed by atoms with E-state index in [0.29, 0.717) is 50.7 Å². The molecule has 2 atom stereocenters. The zero-order valence-electron chi connectivity index (χ0n) is 14.3. The Morgan fingerprint density at radius 1 is 1.20 bits per heavy atom. The van der Waals surface area contributed by atoms with Crippen molar-refractivity contribution in [1.82, 2.24) is 14.4 Å². The Morgan fingerprint density at radius 2 is 1.96 bits per heavy atom. The van der Waals surface area contributed by atoms with Gasteiger partial charge in [0.15, 0.2) is 5.69 Å². The van der Waals surface area contributed by atoms with E-state index in [2.05, 4.69) is 5.16 Å². The number of likely N-dealkylation sites (tertiary alicyclic amines) is 1. The number of morpholine rings is 1. The molecule has 0 unspecified atom stereocenters. The summed E-state index contributed by atoms with van der Waals surface area (Å²) in [6, 6.07) is 1.54. The van der Waals surface area contributed by atoms with Gasteiger partial charge in [-0.2, -0.15) is 4.31 Å². The van der Waals surface area contributed by atoms with Gasteiger partial charge in [-0.3, -0.25) is 4.79 Å². The lowest BCUT2D eigenvalue weighted by molar-refractivity contribution is -0.0406. The molecule has 1 aromatic heterocycles.